The molecule has 1 aromatic rings. The monoisotopic (exact) mass is 246 g/mol. The summed E-state index contributed by atoms with van der Waals surface area (Å²) in [5, 5.41) is 7.03. The molecule has 0 atom stereocenters. The third kappa shape index (κ3) is 4.19. The van der Waals surface area contributed by atoms with Crippen LogP contribution in [0.2, 0.25) is 0 Å². The topological polar surface area (TPSA) is 135 Å². The van der Waals surface area contributed by atoms with Crippen LogP contribution in [0.3, 0.4) is 0 Å². The lowest BCUT2D eigenvalue weighted by Crippen LogP contribution is -2.32. The number of aromatic amines is 1. The van der Waals surface area contributed by atoms with Crippen molar-refractivity contribution in [3.63, 3.8) is 0 Å². The van der Waals surface area contributed by atoms with Gasteiger partial charge in [0.2, 0.25) is 10.0 Å². The zero-order valence-electron chi connectivity index (χ0n) is 8.13. The Morgan fingerprint density at radius 2 is 2.25 bits per heavy atom. The summed E-state index contributed by atoms with van der Waals surface area (Å²) in [4.78, 5) is 27.8. The average molecular weight is 246 g/mol. The first-order valence-corrected chi connectivity index (χ1v) is 5.93. The summed E-state index contributed by atoms with van der Waals surface area (Å²) in [5.74, 6) is -0.942. The number of nitrogens with zero attached hydrogens (tertiary/aromatic N) is 1. The lowest BCUT2D eigenvalue weighted by atomic mass is 10.4. The second-order valence-corrected chi connectivity index (χ2v) is 4.65. The van der Waals surface area contributed by atoms with Crippen LogP contribution in [-0.4, -0.2) is 36.6 Å². The smallest absolute Gasteiger partial charge is 0.271 e. The second-order valence-electron chi connectivity index (χ2n) is 2.92. The number of amides is 1. The average Bonchev–Trinajstić information content (AvgIpc) is 2.16. The Morgan fingerprint density at radius 1 is 1.56 bits per heavy atom. The molecule has 1 rings (SSSR count). The maximum Gasteiger partial charge on any atom is 0.271 e. The quantitative estimate of drug-likeness (QED) is 0.553. The van der Waals surface area contributed by atoms with Crippen molar-refractivity contribution in [2.75, 3.05) is 12.3 Å². The summed E-state index contributed by atoms with van der Waals surface area (Å²) >= 11 is 0. The molecule has 0 saturated carbocycles. The van der Waals surface area contributed by atoms with E-state index in [9.17, 15) is 18.0 Å². The summed E-state index contributed by atoms with van der Waals surface area (Å²) in [6.45, 7) is -0.113. The summed E-state index contributed by atoms with van der Waals surface area (Å²) < 4.78 is 21.1. The van der Waals surface area contributed by atoms with E-state index in [-0.39, 0.29) is 18.0 Å². The van der Waals surface area contributed by atoms with E-state index in [0.29, 0.717) is 0 Å². The molecule has 0 fully saturated rings. The Morgan fingerprint density at radius 3 is 2.75 bits per heavy atom. The Hall–Kier alpha value is -1.74. The SMILES string of the molecule is NS(=O)(=O)CCNC(=O)c1c[nH]c(=O)cn1. The summed E-state index contributed by atoms with van der Waals surface area (Å²) in [6, 6.07) is 0. The van der Waals surface area contributed by atoms with E-state index in [1.54, 1.807) is 0 Å². The molecule has 0 aliphatic heterocycles. The van der Waals surface area contributed by atoms with Crippen LogP contribution in [0.1, 0.15) is 10.5 Å². The number of hydrogen-bond acceptors (Lipinski definition) is 5. The van der Waals surface area contributed by atoms with Gasteiger partial charge in [-0.15, -0.1) is 0 Å². The number of rotatable bonds is 4. The van der Waals surface area contributed by atoms with Gasteiger partial charge in [0.25, 0.3) is 11.5 Å². The second kappa shape index (κ2) is 4.86. The molecule has 0 unspecified atom stereocenters. The Kier molecular flexibility index (Phi) is 3.74. The van der Waals surface area contributed by atoms with Gasteiger partial charge in [-0.05, 0) is 0 Å². The van der Waals surface area contributed by atoms with E-state index < -0.39 is 21.5 Å². The predicted molar refractivity (Wildman–Crippen MR) is 55.2 cm³/mol. The van der Waals surface area contributed by atoms with E-state index in [1.165, 1.54) is 0 Å². The van der Waals surface area contributed by atoms with Crippen LogP contribution < -0.4 is 16.0 Å². The molecule has 1 heterocycles. The van der Waals surface area contributed by atoms with Crippen molar-refractivity contribution < 1.29 is 13.2 Å². The van der Waals surface area contributed by atoms with Crippen LogP contribution in [0.15, 0.2) is 17.2 Å². The summed E-state index contributed by atoms with van der Waals surface area (Å²) in [7, 11) is -3.60. The molecular formula is C7H10N4O4S. The Labute approximate surface area is 90.9 Å². The number of aromatic nitrogens is 2. The number of carbonyl (C=O) groups is 1. The lowest BCUT2D eigenvalue weighted by molar-refractivity contribution is 0.0950. The van der Waals surface area contributed by atoms with E-state index >= 15 is 0 Å². The fourth-order valence-corrected chi connectivity index (χ4v) is 1.25. The number of nitrogens with two attached hydrogens (primary N) is 1. The highest BCUT2D eigenvalue weighted by Gasteiger charge is 2.08. The van der Waals surface area contributed by atoms with E-state index in [2.05, 4.69) is 15.3 Å². The van der Waals surface area contributed by atoms with Crippen LogP contribution in [-0.2, 0) is 10.0 Å². The molecule has 4 N–H and O–H groups in total. The van der Waals surface area contributed by atoms with E-state index in [0.717, 1.165) is 12.4 Å². The van der Waals surface area contributed by atoms with Crippen molar-refractivity contribution in [2.24, 2.45) is 5.14 Å². The Bertz CT molecular complexity index is 515. The first-order chi connectivity index (χ1) is 7.38. The van der Waals surface area contributed by atoms with E-state index in [4.69, 9.17) is 5.14 Å². The lowest BCUT2D eigenvalue weighted by Gasteiger charge is -2.02. The van der Waals surface area contributed by atoms with Crippen LogP contribution >= 0.6 is 0 Å². The van der Waals surface area contributed by atoms with Gasteiger partial charge in [0.15, 0.2) is 0 Å². The van der Waals surface area contributed by atoms with Gasteiger partial charge in [0.1, 0.15) is 5.69 Å². The molecule has 1 amide bonds. The number of nitrogens with one attached hydrogen (secondary N) is 2. The van der Waals surface area contributed by atoms with Gasteiger partial charge in [0, 0.05) is 12.7 Å². The van der Waals surface area contributed by atoms with Crippen LogP contribution in [0.5, 0.6) is 0 Å². The van der Waals surface area contributed by atoms with Gasteiger partial charge in [-0.2, -0.15) is 0 Å². The largest absolute Gasteiger partial charge is 0.350 e. The minimum atomic E-state index is -3.60. The highest BCUT2D eigenvalue weighted by molar-refractivity contribution is 7.89. The number of sulfonamides is 1. The maximum absolute atomic E-state index is 11.3. The number of hydrogen-bond donors (Lipinski definition) is 3. The fourth-order valence-electron chi connectivity index (χ4n) is 0.864. The molecule has 1 aromatic heterocycles. The predicted octanol–water partition coefficient (Wildman–Crippen LogP) is -2.21. The molecule has 9 heteroatoms. The van der Waals surface area contributed by atoms with E-state index in [1.807, 2.05) is 0 Å². The fraction of sp³-hybridized carbons (Fsp3) is 0.286. The number of carbonyl (C=O) groups excluding carboxylic acids is 1. The van der Waals surface area contributed by atoms with Crippen molar-refractivity contribution >= 4 is 15.9 Å². The van der Waals surface area contributed by atoms with Gasteiger partial charge < -0.3 is 10.3 Å². The van der Waals surface area contributed by atoms with Crippen LogP contribution in [0.4, 0.5) is 0 Å². The van der Waals surface area contributed by atoms with Crippen molar-refractivity contribution in [1.82, 2.24) is 15.3 Å². The standard InChI is InChI=1S/C7H10N4O4S/c8-16(14,15)2-1-9-7(13)5-3-11-6(12)4-10-5/h3-4H,1-2H2,(H,9,13)(H,11,12)(H2,8,14,15). The number of primary sulfonamides is 1. The van der Waals surface area contributed by atoms with Gasteiger partial charge in [-0.25, -0.2) is 18.5 Å². The molecule has 88 valence electrons. The molecule has 16 heavy (non-hydrogen) atoms. The van der Waals surface area contributed by atoms with Crippen LogP contribution in [0.25, 0.3) is 0 Å². The van der Waals surface area contributed by atoms with Crippen molar-refractivity contribution in [1.29, 1.82) is 0 Å². The maximum atomic E-state index is 11.3. The zero-order chi connectivity index (χ0) is 12.2. The highest BCUT2D eigenvalue weighted by Crippen LogP contribution is 1.87. The third-order valence-electron chi connectivity index (χ3n) is 1.58. The summed E-state index contributed by atoms with van der Waals surface area (Å²) in [5.41, 5.74) is -0.435. The molecule has 0 aliphatic rings. The number of H-pyrrole nitrogens is 1. The summed E-state index contributed by atoms with van der Waals surface area (Å²) in [6.07, 6.45) is 2.09. The van der Waals surface area contributed by atoms with Gasteiger partial charge in [-0.1, -0.05) is 0 Å². The van der Waals surface area contributed by atoms with Gasteiger partial charge >= 0.3 is 0 Å². The minimum absolute atomic E-state index is 0.00554. The highest BCUT2D eigenvalue weighted by atomic mass is 32.2. The molecule has 0 aromatic carbocycles. The van der Waals surface area contributed by atoms with Crippen molar-refractivity contribution in [3.8, 4) is 0 Å². The van der Waals surface area contributed by atoms with Gasteiger partial charge in [0.05, 0.1) is 11.9 Å². The molecule has 0 radical (unpaired) electrons. The molecular weight excluding hydrogens is 236 g/mol. The molecule has 0 bridgehead atoms. The normalized spacial score (nSPS) is 11.1. The Balaban J connectivity index is 2.54. The zero-order valence-corrected chi connectivity index (χ0v) is 8.95. The molecule has 8 nitrogen and oxygen atoms in total. The first kappa shape index (κ1) is 12.3. The van der Waals surface area contributed by atoms with Crippen molar-refractivity contribution in [2.45, 2.75) is 0 Å². The van der Waals surface area contributed by atoms with Gasteiger partial charge in [-0.3, -0.25) is 9.59 Å². The molecule has 0 spiro atoms. The molecule has 0 saturated heterocycles. The van der Waals surface area contributed by atoms with Crippen LogP contribution in [0, 0.1) is 0 Å². The molecule has 0 aliphatic carbocycles. The minimum Gasteiger partial charge on any atom is -0.350 e. The first-order valence-electron chi connectivity index (χ1n) is 4.22. The van der Waals surface area contributed by atoms with Crippen molar-refractivity contribution in [3.05, 3.63) is 28.4 Å². The third-order valence-corrected chi connectivity index (χ3v) is 2.35.